The van der Waals surface area contributed by atoms with Gasteiger partial charge in [0.1, 0.15) is 16.5 Å². The number of carbonyl (C=O) groups is 1. The molecule has 1 aromatic heterocycles. The third-order valence-corrected chi connectivity index (χ3v) is 3.57. The summed E-state index contributed by atoms with van der Waals surface area (Å²) in [7, 11) is 1.58. The predicted octanol–water partition coefficient (Wildman–Crippen LogP) is 2.76. The Kier molecular flexibility index (Phi) is 5.71. The monoisotopic (exact) mass is 321 g/mol. The van der Waals surface area contributed by atoms with E-state index in [1.54, 1.807) is 25.3 Å². The molecule has 118 valence electrons. The Labute approximate surface area is 133 Å². The fourth-order valence-electron chi connectivity index (χ4n) is 1.73. The first kappa shape index (κ1) is 16.2. The first-order valence-electron chi connectivity index (χ1n) is 6.96. The molecule has 0 saturated heterocycles. The minimum absolute atomic E-state index is 0.0910. The third-order valence-electron chi connectivity index (χ3n) is 2.71. The number of nitrogens with one attached hydrogen (secondary N) is 1. The van der Waals surface area contributed by atoms with Crippen molar-refractivity contribution in [1.29, 1.82) is 0 Å². The highest BCUT2D eigenvalue weighted by Gasteiger charge is 2.10. The number of rotatable bonds is 7. The van der Waals surface area contributed by atoms with Gasteiger partial charge < -0.3 is 9.47 Å². The number of aromatic nitrogens is 2. The van der Waals surface area contributed by atoms with Gasteiger partial charge in [-0.25, -0.2) is 0 Å². The highest BCUT2D eigenvalue weighted by molar-refractivity contribution is 7.15. The first-order chi connectivity index (χ1) is 10.6. The molecule has 0 radical (unpaired) electrons. The number of anilines is 1. The molecule has 7 heteroatoms. The van der Waals surface area contributed by atoms with E-state index in [9.17, 15) is 4.79 Å². The van der Waals surface area contributed by atoms with Gasteiger partial charge in [0, 0.05) is 12.5 Å². The van der Waals surface area contributed by atoms with Gasteiger partial charge in [0.05, 0.1) is 7.11 Å². The van der Waals surface area contributed by atoms with Gasteiger partial charge in [-0.15, -0.1) is 10.2 Å². The van der Waals surface area contributed by atoms with Crippen LogP contribution >= 0.6 is 11.3 Å². The Bertz CT molecular complexity index is 628. The van der Waals surface area contributed by atoms with E-state index in [4.69, 9.17) is 9.47 Å². The van der Waals surface area contributed by atoms with Crippen molar-refractivity contribution in [3.8, 4) is 11.5 Å². The largest absolute Gasteiger partial charge is 0.497 e. The molecule has 0 unspecified atom stereocenters. The lowest BCUT2D eigenvalue weighted by molar-refractivity contribution is -0.118. The van der Waals surface area contributed by atoms with Crippen molar-refractivity contribution in [2.24, 2.45) is 5.92 Å². The van der Waals surface area contributed by atoms with Crippen molar-refractivity contribution < 1.29 is 14.3 Å². The van der Waals surface area contributed by atoms with Crippen molar-refractivity contribution >= 4 is 22.4 Å². The molecule has 1 heterocycles. The van der Waals surface area contributed by atoms with E-state index in [0.717, 1.165) is 11.4 Å². The summed E-state index contributed by atoms with van der Waals surface area (Å²) in [5, 5.41) is 12.1. The molecule has 0 aliphatic heterocycles. The molecular weight excluding hydrogens is 302 g/mol. The van der Waals surface area contributed by atoms with E-state index in [1.165, 1.54) is 11.3 Å². The molecule has 1 amide bonds. The van der Waals surface area contributed by atoms with Gasteiger partial charge in [-0.3, -0.25) is 10.1 Å². The molecule has 2 aromatic rings. The van der Waals surface area contributed by atoms with Gasteiger partial charge in [-0.1, -0.05) is 31.3 Å². The number of benzene rings is 1. The second kappa shape index (κ2) is 7.74. The maximum absolute atomic E-state index is 11.8. The zero-order valence-corrected chi connectivity index (χ0v) is 13.6. The number of methoxy groups -OCH3 is 1. The average Bonchev–Trinajstić information content (AvgIpc) is 2.91. The van der Waals surface area contributed by atoms with Gasteiger partial charge >= 0.3 is 0 Å². The summed E-state index contributed by atoms with van der Waals surface area (Å²) in [5.41, 5.74) is 0. The number of nitrogens with zero attached hydrogens (tertiary/aromatic N) is 2. The lowest BCUT2D eigenvalue weighted by atomic mass is 10.1. The molecule has 2 rings (SSSR count). The Morgan fingerprint density at radius 3 is 2.82 bits per heavy atom. The van der Waals surface area contributed by atoms with Crippen LogP contribution in [0.3, 0.4) is 0 Å². The Morgan fingerprint density at radius 2 is 2.09 bits per heavy atom. The van der Waals surface area contributed by atoms with Crippen LogP contribution in [0.5, 0.6) is 11.5 Å². The molecule has 0 aliphatic rings. The van der Waals surface area contributed by atoms with Gasteiger partial charge in [0.25, 0.3) is 5.91 Å². The number of hydrogen-bond donors (Lipinski definition) is 1. The van der Waals surface area contributed by atoms with E-state index < -0.39 is 0 Å². The normalized spacial score (nSPS) is 10.5. The van der Waals surface area contributed by atoms with Crippen LogP contribution in [-0.4, -0.2) is 29.8 Å². The maximum atomic E-state index is 11.8. The van der Waals surface area contributed by atoms with Crippen LogP contribution in [-0.2, 0) is 11.2 Å². The van der Waals surface area contributed by atoms with Crippen molar-refractivity contribution in [2.45, 2.75) is 20.3 Å². The van der Waals surface area contributed by atoms with Crippen molar-refractivity contribution in [3.05, 3.63) is 29.3 Å². The van der Waals surface area contributed by atoms with Gasteiger partial charge in [0.2, 0.25) is 5.13 Å². The highest BCUT2D eigenvalue weighted by Crippen LogP contribution is 2.20. The van der Waals surface area contributed by atoms with Crippen LogP contribution in [0.2, 0.25) is 0 Å². The van der Waals surface area contributed by atoms with E-state index in [2.05, 4.69) is 29.4 Å². The van der Waals surface area contributed by atoms with E-state index >= 15 is 0 Å². The fraction of sp³-hybridized carbons (Fsp3) is 0.400. The highest BCUT2D eigenvalue weighted by atomic mass is 32.1. The Balaban J connectivity index is 1.83. The number of hydrogen-bond acceptors (Lipinski definition) is 6. The number of ether oxygens (including phenoxy) is 2. The van der Waals surface area contributed by atoms with Gasteiger partial charge in [0.15, 0.2) is 6.61 Å². The lowest BCUT2D eigenvalue weighted by Gasteiger charge is -2.07. The molecule has 0 spiro atoms. The van der Waals surface area contributed by atoms with Crippen LogP contribution in [0, 0.1) is 5.92 Å². The standard InChI is InChI=1S/C15H19N3O3S/c1-10(2)7-14-17-18-15(22-14)16-13(19)9-21-12-6-4-5-11(8-12)20-3/h4-6,8,10H,7,9H2,1-3H3,(H,16,18,19). The SMILES string of the molecule is COc1cccc(OCC(=O)Nc2nnc(CC(C)C)s2)c1. The van der Waals surface area contributed by atoms with Gasteiger partial charge in [-0.05, 0) is 18.1 Å². The molecule has 0 aliphatic carbocycles. The van der Waals surface area contributed by atoms with Crippen LogP contribution in [0.15, 0.2) is 24.3 Å². The lowest BCUT2D eigenvalue weighted by Crippen LogP contribution is -2.20. The topological polar surface area (TPSA) is 73.3 Å². The van der Waals surface area contributed by atoms with Crippen LogP contribution in [0.25, 0.3) is 0 Å². The smallest absolute Gasteiger partial charge is 0.264 e. The van der Waals surface area contributed by atoms with Crippen LogP contribution < -0.4 is 14.8 Å². The quantitative estimate of drug-likeness (QED) is 0.849. The molecular formula is C15H19N3O3S. The predicted molar refractivity (Wildman–Crippen MR) is 85.6 cm³/mol. The van der Waals surface area contributed by atoms with Crippen molar-refractivity contribution in [2.75, 3.05) is 19.0 Å². The van der Waals surface area contributed by atoms with Crippen molar-refractivity contribution in [3.63, 3.8) is 0 Å². The molecule has 22 heavy (non-hydrogen) atoms. The molecule has 1 N–H and O–H groups in total. The van der Waals surface area contributed by atoms with Crippen LogP contribution in [0.1, 0.15) is 18.9 Å². The summed E-state index contributed by atoms with van der Waals surface area (Å²) in [4.78, 5) is 11.8. The summed E-state index contributed by atoms with van der Waals surface area (Å²) in [6.45, 7) is 4.13. The summed E-state index contributed by atoms with van der Waals surface area (Å²) in [6, 6.07) is 7.10. The van der Waals surface area contributed by atoms with Gasteiger partial charge in [-0.2, -0.15) is 0 Å². The van der Waals surface area contributed by atoms with Crippen LogP contribution in [0.4, 0.5) is 5.13 Å². The van der Waals surface area contributed by atoms with E-state index in [-0.39, 0.29) is 12.5 Å². The minimum Gasteiger partial charge on any atom is -0.497 e. The van der Waals surface area contributed by atoms with E-state index in [0.29, 0.717) is 22.5 Å². The first-order valence-corrected chi connectivity index (χ1v) is 7.77. The summed E-state index contributed by atoms with van der Waals surface area (Å²) < 4.78 is 10.5. The fourth-order valence-corrected chi connectivity index (χ4v) is 2.70. The second-order valence-electron chi connectivity index (χ2n) is 5.11. The zero-order valence-electron chi connectivity index (χ0n) is 12.8. The molecule has 0 saturated carbocycles. The maximum Gasteiger partial charge on any atom is 0.264 e. The molecule has 6 nitrogen and oxygen atoms in total. The second-order valence-corrected chi connectivity index (χ2v) is 6.18. The van der Waals surface area contributed by atoms with Crippen molar-refractivity contribution in [1.82, 2.24) is 10.2 Å². The molecule has 0 fully saturated rings. The molecule has 0 atom stereocenters. The van der Waals surface area contributed by atoms with E-state index in [1.807, 2.05) is 6.07 Å². The number of carbonyl (C=O) groups excluding carboxylic acids is 1. The Morgan fingerprint density at radius 1 is 1.32 bits per heavy atom. The third kappa shape index (κ3) is 5.00. The Hall–Kier alpha value is -2.15. The molecule has 1 aromatic carbocycles. The average molecular weight is 321 g/mol. The summed E-state index contributed by atoms with van der Waals surface area (Å²) in [5.74, 6) is 1.50. The summed E-state index contributed by atoms with van der Waals surface area (Å²) in [6.07, 6.45) is 0.855. The zero-order chi connectivity index (χ0) is 15.9. The molecule has 0 bridgehead atoms. The minimum atomic E-state index is -0.268. The summed E-state index contributed by atoms with van der Waals surface area (Å²) >= 11 is 1.39. The number of amides is 1.